The van der Waals surface area contributed by atoms with Crippen LogP contribution in [0, 0.1) is 17.1 Å². The van der Waals surface area contributed by atoms with Crippen LogP contribution in [0.4, 0.5) is 10.1 Å². The molecule has 1 N–H and O–H groups in total. The maximum absolute atomic E-state index is 13.7. The topological polar surface area (TPSA) is 56.1 Å². The van der Waals surface area contributed by atoms with Crippen molar-refractivity contribution >= 4 is 11.6 Å². The van der Waals surface area contributed by atoms with E-state index in [4.69, 9.17) is 5.26 Å². The van der Waals surface area contributed by atoms with E-state index < -0.39 is 5.82 Å². The molecule has 0 spiro atoms. The van der Waals surface area contributed by atoms with Gasteiger partial charge in [-0.05, 0) is 31.0 Å². The van der Waals surface area contributed by atoms with Crippen LogP contribution in [0.1, 0.15) is 18.4 Å². The van der Waals surface area contributed by atoms with Crippen LogP contribution in [0.15, 0.2) is 18.2 Å². The van der Waals surface area contributed by atoms with Crippen LogP contribution in [0.2, 0.25) is 0 Å². The Morgan fingerprint density at radius 3 is 2.89 bits per heavy atom. The number of nitrogens with one attached hydrogen (secondary N) is 1. The third-order valence-corrected chi connectivity index (χ3v) is 2.81. The van der Waals surface area contributed by atoms with Crippen molar-refractivity contribution < 1.29 is 9.18 Å². The molecule has 0 atom stereocenters. The summed E-state index contributed by atoms with van der Waals surface area (Å²) in [6, 6.07) is 6.39. The van der Waals surface area contributed by atoms with Crippen LogP contribution in [0.25, 0.3) is 0 Å². The van der Waals surface area contributed by atoms with Crippen molar-refractivity contribution in [3.8, 4) is 6.07 Å². The van der Waals surface area contributed by atoms with Gasteiger partial charge in [0.05, 0.1) is 23.9 Å². The summed E-state index contributed by atoms with van der Waals surface area (Å²) < 4.78 is 13.7. The first-order chi connectivity index (χ1) is 8.60. The number of halogens is 1. The lowest BCUT2D eigenvalue weighted by molar-refractivity contribution is -0.119. The molecule has 1 saturated carbocycles. The summed E-state index contributed by atoms with van der Waals surface area (Å²) in [6.45, 7) is 0.110. The molecule has 1 aromatic rings. The average molecular weight is 247 g/mol. The summed E-state index contributed by atoms with van der Waals surface area (Å²) in [4.78, 5) is 13.1. The number of carbonyl (C=O) groups excluding carboxylic acids is 1. The Morgan fingerprint density at radius 1 is 1.61 bits per heavy atom. The molecule has 18 heavy (non-hydrogen) atoms. The van der Waals surface area contributed by atoms with E-state index >= 15 is 0 Å². The molecular weight excluding hydrogens is 233 g/mol. The van der Waals surface area contributed by atoms with Crippen LogP contribution in [0.3, 0.4) is 0 Å². The zero-order valence-corrected chi connectivity index (χ0v) is 10.1. The summed E-state index contributed by atoms with van der Waals surface area (Å²) in [6.07, 6.45) is 2.06. The highest BCUT2D eigenvalue weighted by molar-refractivity contribution is 5.81. The molecule has 1 amide bonds. The number of nitrogens with zero attached hydrogens (tertiary/aromatic N) is 2. The molecule has 0 unspecified atom stereocenters. The number of hydrogen-bond acceptors (Lipinski definition) is 3. The van der Waals surface area contributed by atoms with Gasteiger partial charge in [-0.25, -0.2) is 4.39 Å². The number of likely N-dealkylation sites (N-methyl/N-ethyl adjacent to an activating group) is 1. The first-order valence-corrected chi connectivity index (χ1v) is 5.80. The summed E-state index contributed by atoms with van der Waals surface area (Å²) >= 11 is 0. The minimum atomic E-state index is -0.490. The van der Waals surface area contributed by atoms with Gasteiger partial charge in [-0.1, -0.05) is 0 Å². The molecule has 0 aromatic heterocycles. The molecule has 4 nitrogen and oxygen atoms in total. The van der Waals surface area contributed by atoms with Gasteiger partial charge < -0.3 is 10.2 Å². The van der Waals surface area contributed by atoms with E-state index in [1.165, 1.54) is 23.1 Å². The van der Waals surface area contributed by atoms with Crippen molar-refractivity contribution in [2.45, 2.75) is 18.9 Å². The molecule has 2 rings (SSSR count). The molecule has 94 valence electrons. The summed E-state index contributed by atoms with van der Waals surface area (Å²) in [7, 11) is 1.65. The molecule has 1 aromatic carbocycles. The average Bonchev–Trinajstić information content (AvgIpc) is 3.12. The van der Waals surface area contributed by atoms with Gasteiger partial charge in [-0.3, -0.25) is 4.79 Å². The molecule has 0 aliphatic heterocycles. The van der Waals surface area contributed by atoms with E-state index in [0.29, 0.717) is 11.7 Å². The summed E-state index contributed by atoms with van der Waals surface area (Å²) in [5.74, 6) is -0.598. The van der Waals surface area contributed by atoms with E-state index in [9.17, 15) is 9.18 Å². The smallest absolute Gasteiger partial charge is 0.239 e. The number of carbonyl (C=O) groups is 1. The second-order valence-electron chi connectivity index (χ2n) is 4.48. The van der Waals surface area contributed by atoms with Crippen molar-refractivity contribution in [3.63, 3.8) is 0 Å². The molecule has 0 heterocycles. The lowest BCUT2D eigenvalue weighted by Crippen LogP contribution is -2.36. The highest BCUT2D eigenvalue weighted by Gasteiger charge is 2.23. The van der Waals surface area contributed by atoms with Crippen molar-refractivity contribution in [1.29, 1.82) is 5.26 Å². The Labute approximate surface area is 105 Å². The number of anilines is 1. The predicted octanol–water partition coefficient (Wildman–Crippen LogP) is 1.41. The zero-order valence-electron chi connectivity index (χ0n) is 10.1. The van der Waals surface area contributed by atoms with Crippen LogP contribution in [0.5, 0.6) is 0 Å². The lowest BCUT2D eigenvalue weighted by atomic mass is 10.2. The minimum Gasteiger partial charge on any atom is -0.363 e. The van der Waals surface area contributed by atoms with E-state index in [2.05, 4.69) is 5.32 Å². The van der Waals surface area contributed by atoms with Gasteiger partial charge >= 0.3 is 0 Å². The second kappa shape index (κ2) is 5.05. The van der Waals surface area contributed by atoms with Crippen molar-refractivity contribution in [2.24, 2.45) is 0 Å². The van der Waals surface area contributed by atoms with Crippen LogP contribution in [-0.4, -0.2) is 25.5 Å². The number of benzene rings is 1. The first kappa shape index (κ1) is 12.4. The zero-order chi connectivity index (χ0) is 13.1. The van der Waals surface area contributed by atoms with E-state index in [1.807, 2.05) is 6.07 Å². The van der Waals surface area contributed by atoms with Gasteiger partial charge in [0, 0.05) is 13.1 Å². The Balaban J connectivity index is 2.01. The normalized spacial score (nSPS) is 13.8. The van der Waals surface area contributed by atoms with Gasteiger partial charge in [-0.2, -0.15) is 5.26 Å². The highest BCUT2D eigenvalue weighted by Crippen LogP contribution is 2.20. The Bertz CT molecular complexity index is 505. The fourth-order valence-corrected chi connectivity index (χ4v) is 1.69. The maximum Gasteiger partial charge on any atom is 0.239 e. The van der Waals surface area contributed by atoms with Gasteiger partial charge in [0.1, 0.15) is 5.82 Å². The van der Waals surface area contributed by atoms with Gasteiger partial charge in [-0.15, -0.1) is 0 Å². The predicted molar refractivity (Wildman–Crippen MR) is 65.5 cm³/mol. The third kappa shape index (κ3) is 2.98. The molecular formula is C13H14FN3O. The SMILES string of the molecule is CN(CC(=O)NC1CC1)c1ccc(C#N)cc1F. The van der Waals surface area contributed by atoms with Gasteiger partial charge in [0.2, 0.25) is 5.91 Å². The molecule has 0 radical (unpaired) electrons. The molecule has 1 aliphatic rings. The number of rotatable bonds is 4. The fourth-order valence-electron chi connectivity index (χ4n) is 1.69. The maximum atomic E-state index is 13.7. The van der Waals surface area contributed by atoms with E-state index in [0.717, 1.165) is 12.8 Å². The van der Waals surface area contributed by atoms with Crippen LogP contribution < -0.4 is 10.2 Å². The van der Waals surface area contributed by atoms with Crippen LogP contribution >= 0.6 is 0 Å². The first-order valence-electron chi connectivity index (χ1n) is 5.80. The second-order valence-corrected chi connectivity index (χ2v) is 4.48. The van der Waals surface area contributed by atoms with Crippen molar-refractivity contribution in [2.75, 3.05) is 18.5 Å². The summed E-state index contributed by atoms with van der Waals surface area (Å²) in [5, 5.41) is 11.5. The molecule has 5 heteroatoms. The standard InChI is InChI=1S/C13H14FN3O/c1-17(8-13(18)16-10-3-4-10)12-5-2-9(7-15)6-11(12)14/h2,5-6,10H,3-4,8H2,1H3,(H,16,18). The quantitative estimate of drug-likeness (QED) is 0.875. The molecule has 1 aliphatic carbocycles. The van der Waals surface area contributed by atoms with E-state index in [1.54, 1.807) is 7.05 Å². The van der Waals surface area contributed by atoms with E-state index in [-0.39, 0.29) is 18.0 Å². The van der Waals surface area contributed by atoms with Crippen LogP contribution in [-0.2, 0) is 4.79 Å². The third-order valence-electron chi connectivity index (χ3n) is 2.81. The van der Waals surface area contributed by atoms with Crippen molar-refractivity contribution in [1.82, 2.24) is 5.32 Å². The number of amides is 1. The monoisotopic (exact) mass is 247 g/mol. The van der Waals surface area contributed by atoms with Gasteiger partial charge in [0.15, 0.2) is 0 Å². The summed E-state index contributed by atoms with van der Waals surface area (Å²) in [5.41, 5.74) is 0.590. The Hall–Kier alpha value is -2.09. The molecule has 0 saturated heterocycles. The van der Waals surface area contributed by atoms with Crippen molar-refractivity contribution in [3.05, 3.63) is 29.6 Å². The lowest BCUT2D eigenvalue weighted by Gasteiger charge is -2.19. The minimum absolute atomic E-state index is 0.108. The Morgan fingerprint density at radius 2 is 2.33 bits per heavy atom. The Kier molecular flexibility index (Phi) is 3.47. The number of nitriles is 1. The molecule has 0 bridgehead atoms. The van der Waals surface area contributed by atoms with Gasteiger partial charge in [0.25, 0.3) is 0 Å². The largest absolute Gasteiger partial charge is 0.363 e. The highest BCUT2D eigenvalue weighted by atomic mass is 19.1. The molecule has 1 fully saturated rings. The fraction of sp³-hybridized carbons (Fsp3) is 0.385. The number of hydrogen-bond donors (Lipinski definition) is 1.